The van der Waals surface area contributed by atoms with Gasteiger partial charge in [-0.2, -0.15) is 0 Å². The van der Waals surface area contributed by atoms with Crippen molar-refractivity contribution in [3.05, 3.63) is 35.4 Å². The lowest BCUT2D eigenvalue weighted by molar-refractivity contribution is -0.131. The summed E-state index contributed by atoms with van der Waals surface area (Å²) >= 11 is 0. The number of hydrogen-bond donors (Lipinski definition) is 1. The molecule has 114 valence electrons. The number of aryl methyl sites for hydroxylation is 1. The maximum atomic E-state index is 12.5. The van der Waals surface area contributed by atoms with Crippen LogP contribution in [0.15, 0.2) is 24.3 Å². The Morgan fingerprint density at radius 2 is 1.71 bits per heavy atom. The van der Waals surface area contributed by atoms with Crippen LogP contribution in [0.3, 0.4) is 0 Å². The minimum absolute atomic E-state index is 0.255. The number of hydrogen-bond acceptors (Lipinski definition) is 2. The van der Waals surface area contributed by atoms with E-state index in [0.717, 1.165) is 24.8 Å². The Morgan fingerprint density at radius 1 is 1.14 bits per heavy atom. The summed E-state index contributed by atoms with van der Waals surface area (Å²) in [4.78, 5) is 14.5. The van der Waals surface area contributed by atoms with Gasteiger partial charge in [0.2, 0.25) is 5.91 Å². The number of nitrogens with one attached hydrogen (secondary N) is 1. The molecule has 0 radical (unpaired) electrons. The Bertz CT molecular complexity index is 484. The highest BCUT2D eigenvalue weighted by Crippen LogP contribution is 2.29. The van der Waals surface area contributed by atoms with Crippen molar-refractivity contribution < 1.29 is 4.79 Å². The molecule has 1 N–H and O–H groups in total. The van der Waals surface area contributed by atoms with E-state index < -0.39 is 0 Å². The van der Waals surface area contributed by atoms with E-state index in [1.165, 1.54) is 18.4 Å². The van der Waals surface area contributed by atoms with Gasteiger partial charge in [0, 0.05) is 25.2 Å². The summed E-state index contributed by atoms with van der Waals surface area (Å²) in [6.07, 6.45) is 6.37. The maximum Gasteiger partial charge on any atom is 0.226 e. The molecule has 0 aliphatic carbocycles. The van der Waals surface area contributed by atoms with E-state index >= 15 is 0 Å². The van der Waals surface area contributed by atoms with Crippen molar-refractivity contribution in [2.24, 2.45) is 0 Å². The zero-order chi connectivity index (χ0) is 14.8. The second kappa shape index (κ2) is 6.18. The average Bonchev–Trinajstić information content (AvgIpc) is 2.85. The van der Waals surface area contributed by atoms with E-state index in [9.17, 15) is 4.79 Å². The van der Waals surface area contributed by atoms with Crippen LogP contribution in [0.4, 0.5) is 0 Å². The van der Waals surface area contributed by atoms with Crippen LogP contribution in [-0.2, 0) is 17.6 Å². The van der Waals surface area contributed by atoms with Crippen LogP contribution in [0.5, 0.6) is 0 Å². The van der Waals surface area contributed by atoms with Gasteiger partial charge in [-0.1, -0.05) is 31.2 Å². The quantitative estimate of drug-likeness (QED) is 0.922. The van der Waals surface area contributed by atoms with Crippen molar-refractivity contribution in [2.45, 2.75) is 63.6 Å². The molecule has 0 aromatic heterocycles. The maximum absolute atomic E-state index is 12.5. The van der Waals surface area contributed by atoms with Crippen molar-refractivity contribution in [1.29, 1.82) is 0 Å². The molecule has 0 spiro atoms. The van der Waals surface area contributed by atoms with E-state index in [-0.39, 0.29) is 5.91 Å². The predicted octanol–water partition coefficient (Wildman–Crippen LogP) is 2.53. The first-order valence-corrected chi connectivity index (χ1v) is 8.25. The van der Waals surface area contributed by atoms with Gasteiger partial charge < -0.3 is 10.2 Å². The average molecular weight is 286 g/mol. The summed E-state index contributed by atoms with van der Waals surface area (Å²) in [6, 6.07) is 10.1. The number of nitrogens with zero attached hydrogens (tertiary/aromatic N) is 1. The highest BCUT2D eigenvalue weighted by Gasteiger charge is 2.36. The molecule has 1 aromatic rings. The lowest BCUT2D eigenvalue weighted by atomic mass is 9.98. The van der Waals surface area contributed by atoms with Crippen molar-refractivity contribution in [1.82, 2.24) is 10.2 Å². The van der Waals surface area contributed by atoms with Gasteiger partial charge in [0.15, 0.2) is 0 Å². The third kappa shape index (κ3) is 3.29. The minimum atomic E-state index is 0.255. The smallest absolute Gasteiger partial charge is 0.226 e. The van der Waals surface area contributed by atoms with Crippen molar-refractivity contribution >= 4 is 5.91 Å². The Balaban J connectivity index is 1.59. The predicted molar refractivity (Wildman–Crippen MR) is 85.3 cm³/mol. The molecule has 2 heterocycles. The molecular formula is C18H26N2O. The Kier molecular flexibility index (Phi) is 4.29. The summed E-state index contributed by atoms with van der Waals surface area (Å²) < 4.78 is 0. The molecule has 2 aliphatic rings. The summed E-state index contributed by atoms with van der Waals surface area (Å²) in [6.45, 7) is 2.15. The molecular weight excluding hydrogens is 260 g/mol. The molecule has 2 fully saturated rings. The highest BCUT2D eigenvalue weighted by atomic mass is 16.2. The summed E-state index contributed by atoms with van der Waals surface area (Å²) in [5, 5.41) is 3.64. The van der Waals surface area contributed by atoms with E-state index in [4.69, 9.17) is 0 Å². The number of fused-ring (bicyclic) bond motifs is 2. The fourth-order valence-electron chi connectivity index (χ4n) is 3.74. The Morgan fingerprint density at radius 3 is 2.29 bits per heavy atom. The van der Waals surface area contributed by atoms with Gasteiger partial charge in [-0.25, -0.2) is 0 Å². The van der Waals surface area contributed by atoms with Crippen LogP contribution in [0, 0.1) is 0 Å². The van der Waals surface area contributed by atoms with Gasteiger partial charge in [0.25, 0.3) is 0 Å². The molecule has 1 amide bonds. The molecule has 2 atom stereocenters. The van der Waals surface area contributed by atoms with Crippen molar-refractivity contribution in [3.8, 4) is 0 Å². The van der Waals surface area contributed by atoms with Gasteiger partial charge in [0.1, 0.15) is 0 Å². The van der Waals surface area contributed by atoms with Crippen LogP contribution in [0.1, 0.15) is 43.7 Å². The van der Waals surface area contributed by atoms with Crippen molar-refractivity contribution in [2.75, 3.05) is 7.05 Å². The zero-order valence-electron chi connectivity index (χ0n) is 13.1. The van der Waals surface area contributed by atoms with Crippen LogP contribution < -0.4 is 5.32 Å². The van der Waals surface area contributed by atoms with Gasteiger partial charge in [-0.3, -0.25) is 4.79 Å². The fourth-order valence-corrected chi connectivity index (χ4v) is 3.74. The number of likely N-dealkylation sites (N-methyl/N-ethyl adjacent to an activating group) is 1. The van der Waals surface area contributed by atoms with E-state index in [0.29, 0.717) is 24.5 Å². The number of amides is 1. The highest BCUT2D eigenvalue weighted by molar-refractivity contribution is 5.78. The van der Waals surface area contributed by atoms with Crippen LogP contribution in [0.2, 0.25) is 0 Å². The lowest BCUT2D eigenvalue weighted by Crippen LogP contribution is -2.49. The molecule has 1 aromatic carbocycles. The molecule has 21 heavy (non-hydrogen) atoms. The standard InChI is InChI=1S/C18H26N2O/c1-3-13-4-6-14(7-5-13)10-18(21)20(2)17-11-15-8-9-16(12-17)19-15/h4-7,15-17,19H,3,8-12H2,1-2H3. The molecule has 3 rings (SSSR count). The fraction of sp³-hybridized carbons (Fsp3) is 0.611. The topological polar surface area (TPSA) is 32.3 Å². The van der Waals surface area contributed by atoms with Crippen LogP contribution >= 0.6 is 0 Å². The third-order valence-electron chi connectivity index (χ3n) is 5.18. The lowest BCUT2D eigenvalue weighted by Gasteiger charge is -2.35. The number of carbonyl (C=O) groups excluding carboxylic acids is 1. The summed E-state index contributed by atoms with van der Waals surface area (Å²) in [5.74, 6) is 0.255. The zero-order valence-corrected chi connectivity index (χ0v) is 13.1. The normalized spacial score (nSPS) is 27.6. The van der Waals surface area contributed by atoms with E-state index in [1.807, 2.05) is 11.9 Å². The first kappa shape index (κ1) is 14.6. The molecule has 3 heteroatoms. The van der Waals surface area contributed by atoms with Gasteiger partial charge >= 0.3 is 0 Å². The van der Waals surface area contributed by atoms with E-state index in [2.05, 4.69) is 36.5 Å². The van der Waals surface area contributed by atoms with Crippen LogP contribution in [0.25, 0.3) is 0 Å². The monoisotopic (exact) mass is 286 g/mol. The van der Waals surface area contributed by atoms with Crippen molar-refractivity contribution in [3.63, 3.8) is 0 Å². The molecule has 0 saturated carbocycles. The first-order chi connectivity index (χ1) is 10.2. The van der Waals surface area contributed by atoms with Gasteiger partial charge in [0.05, 0.1) is 6.42 Å². The number of benzene rings is 1. The largest absolute Gasteiger partial charge is 0.342 e. The van der Waals surface area contributed by atoms with E-state index in [1.54, 1.807) is 0 Å². The minimum Gasteiger partial charge on any atom is -0.342 e. The molecule has 2 saturated heterocycles. The molecule has 2 bridgehead atoms. The number of rotatable bonds is 4. The van der Waals surface area contributed by atoms with Crippen LogP contribution in [-0.4, -0.2) is 36.0 Å². The molecule has 2 aliphatic heterocycles. The Hall–Kier alpha value is -1.35. The molecule has 3 nitrogen and oxygen atoms in total. The van der Waals surface area contributed by atoms with Gasteiger partial charge in [-0.15, -0.1) is 0 Å². The number of carbonyl (C=O) groups is 1. The summed E-state index contributed by atoms with van der Waals surface area (Å²) in [5.41, 5.74) is 2.45. The second-order valence-corrected chi connectivity index (χ2v) is 6.61. The Labute approximate surface area is 127 Å². The first-order valence-electron chi connectivity index (χ1n) is 8.25. The van der Waals surface area contributed by atoms with Gasteiger partial charge in [-0.05, 0) is 43.2 Å². The third-order valence-corrected chi connectivity index (χ3v) is 5.18. The molecule has 2 unspecified atom stereocenters. The summed E-state index contributed by atoms with van der Waals surface area (Å²) in [7, 11) is 1.98. The second-order valence-electron chi connectivity index (χ2n) is 6.61. The number of piperidine rings is 1. The SMILES string of the molecule is CCc1ccc(CC(=O)N(C)C2CC3CCC(C2)N3)cc1.